The van der Waals surface area contributed by atoms with Gasteiger partial charge in [-0.05, 0) is 24.6 Å². The van der Waals surface area contributed by atoms with Crippen LogP contribution >= 0.6 is 15.9 Å². The van der Waals surface area contributed by atoms with Crippen LogP contribution in [0.15, 0.2) is 22.7 Å². The van der Waals surface area contributed by atoms with Gasteiger partial charge in [0.1, 0.15) is 0 Å². The maximum Gasteiger partial charge on any atom is 0.261 e. The van der Waals surface area contributed by atoms with E-state index in [2.05, 4.69) is 15.9 Å². The molecule has 1 saturated carbocycles. The Labute approximate surface area is 124 Å². The highest BCUT2D eigenvalue weighted by Gasteiger charge is 2.58. The molecule has 1 saturated heterocycles. The number of rotatable bonds is 1. The Bertz CT molecular complexity index is 633. The lowest BCUT2D eigenvalue weighted by Gasteiger charge is -2.48. The molecule has 4 atom stereocenters. The van der Waals surface area contributed by atoms with Crippen LogP contribution in [0.25, 0.3) is 0 Å². The lowest BCUT2D eigenvalue weighted by atomic mass is 9.71. The standard InChI is InChI=1S/C14H13BrN2O3/c15-6-1-2-7-9(5-6)14(19)17(13(7)18)11-10(16)8-3-4-20-12(8)11/h1-2,5,8,10-12H,3-4,16H2. The van der Waals surface area contributed by atoms with E-state index in [0.29, 0.717) is 17.7 Å². The highest BCUT2D eigenvalue weighted by molar-refractivity contribution is 9.10. The maximum atomic E-state index is 12.5. The number of fused-ring (bicyclic) bond motifs is 2. The number of imide groups is 1. The van der Waals surface area contributed by atoms with E-state index in [-0.39, 0.29) is 35.9 Å². The first-order valence-corrected chi connectivity index (χ1v) is 7.43. The second-order valence-electron chi connectivity index (χ2n) is 5.53. The Morgan fingerprint density at radius 2 is 2.00 bits per heavy atom. The van der Waals surface area contributed by atoms with E-state index in [4.69, 9.17) is 10.5 Å². The van der Waals surface area contributed by atoms with E-state index in [1.807, 2.05) is 0 Å². The number of halogens is 1. The number of amides is 2. The summed E-state index contributed by atoms with van der Waals surface area (Å²) in [4.78, 5) is 26.3. The second-order valence-corrected chi connectivity index (χ2v) is 6.44. The minimum atomic E-state index is -0.325. The third-order valence-electron chi connectivity index (χ3n) is 4.59. The largest absolute Gasteiger partial charge is 0.376 e. The number of carbonyl (C=O) groups is 2. The molecule has 2 heterocycles. The summed E-state index contributed by atoms with van der Waals surface area (Å²) in [5, 5.41) is 0. The molecular weight excluding hydrogens is 324 g/mol. The summed E-state index contributed by atoms with van der Waals surface area (Å²) in [5.74, 6) is -0.247. The number of hydrogen-bond donors (Lipinski definition) is 1. The van der Waals surface area contributed by atoms with Gasteiger partial charge in [-0.3, -0.25) is 14.5 Å². The SMILES string of the molecule is NC1C2CCOC2C1N1C(=O)c2ccc(Br)cc2C1=O. The molecule has 1 aromatic rings. The first kappa shape index (κ1) is 12.5. The first-order valence-electron chi connectivity index (χ1n) is 6.64. The lowest BCUT2D eigenvalue weighted by molar-refractivity contribution is -0.0532. The van der Waals surface area contributed by atoms with Gasteiger partial charge in [0.2, 0.25) is 0 Å². The van der Waals surface area contributed by atoms with Crippen LogP contribution in [0.3, 0.4) is 0 Å². The fraction of sp³-hybridized carbons (Fsp3) is 0.429. The fourth-order valence-corrected chi connectivity index (χ4v) is 3.90. The van der Waals surface area contributed by atoms with Crippen molar-refractivity contribution >= 4 is 27.7 Å². The van der Waals surface area contributed by atoms with Gasteiger partial charge in [-0.1, -0.05) is 15.9 Å². The molecule has 1 aromatic carbocycles. The van der Waals surface area contributed by atoms with E-state index in [9.17, 15) is 9.59 Å². The van der Waals surface area contributed by atoms with Crippen molar-refractivity contribution in [3.8, 4) is 0 Å². The van der Waals surface area contributed by atoms with Gasteiger partial charge in [0, 0.05) is 23.0 Å². The van der Waals surface area contributed by atoms with Gasteiger partial charge in [-0.25, -0.2) is 0 Å². The monoisotopic (exact) mass is 336 g/mol. The molecule has 2 amide bonds. The molecule has 104 valence electrons. The molecule has 4 unspecified atom stereocenters. The van der Waals surface area contributed by atoms with Crippen molar-refractivity contribution in [1.82, 2.24) is 4.90 Å². The molecule has 2 N–H and O–H groups in total. The Kier molecular flexibility index (Phi) is 2.58. The van der Waals surface area contributed by atoms with E-state index in [0.717, 1.165) is 10.9 Å². The van der Waals surface area contributed by atoms with Crippen LogP contribution in [-0.4, -0.2) is 41.5 Å². The van der Waals surface area contributed by atoms with Crippen molar-refractivity contribution in [2.45, 2.75) is 24.6 Å². The summed E-state index contributed by atoms with van der Waals surface area (Å²) in [6.45, 7) is 0.661. The van der Waals surface area contributed by atoms with Gasteiger partial charge in [0.05, 0.1) is 23.3 Å². The van der Waals surface area contributed by atoms with E-state index in [1.165, 1.54) is 4.90 Å². The molecular formula is C14H13BrN2O3. The van der Waals surface area contributed by atoms with Crippen LogP contribution in [0.4, 0.5) is 0 Å². The minimum Gasteiger partial charge on any atom is -0.376 e. The number of nitrogens with zero attached hydrogens (tertiary/aromatic N) is 1. The van der Waals surface area contributed by atoms with E-state index < -0.39 is 0 Å². The number of carbonyl (C=O) groups excluding carboxylic acids is 2. The van der Waals surface area contributed by atoms with Gasteiger partial charge in [0.15, 0.2) is 0 Å². The zero-order valence-electron chi connectivity index (χ0n) is 10.6. The predicted molar refractivity (Wildman–Crippen MR) is 74.3 cm³/mol. The summed E-state index contributed by atoms with van der Waals surface area (Å²) >= 11 is 3.33. The summed E-state index contributed by atoms with van der Waals surface area (Å²) in [5.41, 5.74) is 7.03. The highest BCUT2D eigenvalue weighted by atomic mass is 79.9. The van der Waals surface area contributed by atoms with E-state index in [1.54, 1.807) is 18.2 Å². The van der Waals surface area contributed by atoms with Crippen molar-refractivity contribution in [2.24, 2.45) is 11.7 Å². The quantitative estimate of drug-likeness (QED) is 0.781. The molecule has 20 heavy (non-hydrogen) atoms. The van der Waals surface area contributed by atoms with Crippen LogP contribution < -0.4 is 5.73 Å². The molecule has 0 radical (unpaired) electrons. The third-order valence-corrected chi connectivity index (χ3v) is 5.08. The van der Waals surface area contributed by atoms with Crippen molar-refractivity contribution in [3.63, 3.8) is 0 Å². The number of benzene rings is 1. The second kappa shape index (κ2) is 4.13. The summed E-state index contributed by atoms with van der Waals surface area (Å²) < 4.78 is 6.42. The molecule has 1 aliphatic carbocycles. The van der Waals surface area contributed by atoms with Crippen LogP contribution in [0.5, 0.6) is 0 Å². The molecule has 4 rings (SSSR count). The molecule has 5 nitrogen and oxygen atoms in total. The van der Waals surface area contributed by atoms with Gasteiger partial charge < -0.3 is 10.5 Å². The number of ether oxygens (including phenoxy) is 1. The minimum absolute atomic E-state index is 0.0874. The van der Waals surface area contributed by atoms with Crippen molar-refractivity contribution in [1.29, 1.82) is 0 Å². The van der Waals surface area contributed by atoms with Crippen LogP contribution in [0.1, 0.15) is 27.1 Å². The predicted octanol–water partition coefficient (Wildman–Crippen LogP) is 1.16. The summed E-state index contributed by atoms with van der Waals surface area (Å²) in [6, 6.07) is 4.63. The molecule has 2 aliphatic heterocycles. The Morgan fingerprint density at radius 1 is 1.25 bits per heavy atom. The topological polar surface area (TPSA) is 72.6 Å². The normalized spacial score (nSPS) is 35.0. The first-order chi connectivity index (χ1) is 9.59. The Morgan fingerprint density at radius 3 is 2.80 bits per heavy atom. The maximum absolute atomic E-state index is 12.5. The fourth-order valence-electron chi connectivity index (χ4n) is 3.54. The Balaban J connectivity index is 1.72. The number of hydrogen-bond acceptors (Lipinski definition) is 4. The summed E-state index contributed by atoms with van der Waals surface area (Å²) in [7, 11) is 0. The zero-order valence-corrected chi connectivity index (χ0v) is 12.2. The smallest absolute Gasteiger partial charge is 0.261 e. The van der Waals surface area contributed by atoms with Crippen molar-refractivity contribution in [2.75, 3.05) is 6.61 Å². The molecule has 3 aliphatic rings. The highest BCUT2D eigenvalue weighted by Crippen LogP contribution is 2.43. The average molecular weight is 337 g/mol. The van der Waals surface area contributed by atoms with Crippen molar-refractivity contribution < 1.29 is 14.3 Å². The molecule has 0 bridgehead atoms. The van der Waals surface area contributed by atoms with Gasteiger partial charge in [-0.2, -0.15) is 0 Å². The molecule has 2 fully saturated rings. The molecule has 6 heteroatoms. The van der Waals surface area contributed by atoms with Crippen LogP contribution in [0.2, 0.25) is 0 Å². The van der Waals surface area contributed by atoms with Gasteiger partial charge >= 0.3 is 0 Å². The summed E-state index contributed by atoms with van der Waals surface area (Å²) in [6.07, 6.45) is 0.826. The van der Waals surface area contributed by atoms with Gasteiger partial charge in [0.25, 0.3) is 11.8 Å². The van der Waals surface area contributed by atoms with E-state index >= 15 is 0 Å². The lowest BCUT2D eigenvalue weighted by Crippen LogP contribution is -2.69. The molecule has 0 spiro atoms. The third kappa shape index (κ3) is 1.44. The average Bonchev–Trinajstić information content (AvgIpc) is 2.95. The number of nitrogens with two attached hydrogens (primary N) is 1. The van der Waals surface area contributed by atoms with Crippen molar-refractivity contribution in [3.05, 3.63) is 33.8 Å². The van der Waals surface area contributed by atoms with Crippen LogP contribution in [-0.2, 0) is 4.74 Å². The zero-order chi connectivity index (χ0) is 14.0. The van der Waals surface area contributed by atoms with Crippen LogP contribution in [0, 0.1) is 5.92 Å². The molecule has 0 aromatic heterocycles. The van der Waals surface area contributed by atoms with Gasteiger partial charge in [-0.15, -0.1) is 0 Å². The Hall–Kier alpha value is -1.24.